The molecule has 3 aromatic rings. The Morgan fingerprint density at radius 2 is 1.64 bits per heavy atom. The van der Waals surface area contributed by atoms with Crippen molar-refractivity contribution < 1.29 is 9.47 Å². The van der Waals surface area contributed by atoms with E-state index < -0.39 is 0 Å². The van der Waals surface area contributed by atoms with Gasteiger partial charge in [0.2, 0.25) is 0 Å². The topological polar surface area (TPSA) is 57.4 Å². The van der Waals surface area contributed by atoms with Gasteiger partial charge >= 0.3 is 0 Å². The van der Waals surface area contributed by atoms with Gasteiger partial charge < -0.3 is 15.2 Å². The minimum absolute atomic E-state index is 0.401. The van der Waals surface area contributed by atoms with Crippen LogP contribution in [0.3, 0.4) is 0 Å². The summed E-state index contributed by atoms with van der Waals surface area (Å²) in [5.41, 5.74) is 8.51. The maximum Gasteiger partial charge on any atom is 0.134 e. The molecule has 25 heavy (non-hydrogen) atoms. The number of pyridine rings is 1. The van der Waals surface area contributed by atoms with Crippen LogP contribution in [0.1, 0.15) is 16.8 Å². The summed E-state index contributed by atoms with van der Waals surface area (Å²) in [5, 5.41) is 0. The third-order valence-electron chi connectivity index (χ3n) is 3.68. The van der Waals surface area contributed by atoms with Gasteiger partial charge in [-0.3, -0.25) is 0 Å². The molecule has 0 unspecified atom stereocenters. The van der Waals surface area contributed by atoms with Gasteiger partial charge in [0.05, 0.1) is 5.56 Å². The first-order valence-electron chi connectivity index (χ1n) is 7.99. The van der Waals surface area contributed by atoms with Crippen molar-refractivity contribution in [3.63, 3.8) is 0 Å². The maximum absolute atomic E-state index is 5.92. The molecule has 3 rings (SSSR count). The molecule has 0 saturated heterocycles. The summed E-state index contributed by atoms with van der Waals surface area (Å²) in [6.07, 6.45) is 0. The zero-order chi connectivity index (χ0) is 17.6. The van der Waals surface area contributed by atoms with Crippen LogP contribution in [-0.4, -0.2) is 4.98 Å². The number of ether oxygens (including phenoxy) is 2. The lowest BCUT2D eigenvalue weighted by Crippen LogP contribution is -2.00. The fourth-order valence-electron chi connectivity index (χ4n) is 2.34. The molecule has 0 aliphatic rings. The van der Waals surface area contributed by atoms with Crippen molar-refractivity contribution in [2.45, 2.75) is 13.5 Å². The maximum atomic E-state index is 5.92. The Balaban J connectivity index is 1.59. The highest BCUT2D eigenvalue weighted by atomic mass is 16.5. The molecule has 0 saturated carbocycles. The Labute approximate surface area is 147 Å². The Hall–Kier alpha value is -3.27. The molecule has 4 heteroatoms. The zero-order valence-electron chi connectivity index (χ0n) is 14.1. The number of benzene rings is 2. The van der Waals surface area contributed by atoms with Crippen molar-refractivity contribution in [3.8, 4) is 11.5 Å². The molecular weight excluding hydrogens is 312 g/mol. The smallest absolute Gasteiger partial charge is 0.134 e. The molecule has 126 valence electrons. The Morgan fingerprint density at radius 3 is 2.32 bits per heavy atom. The molecule has 0 aliphatic heterocycles. The predicted octanol–water partition coefficient (Wildman–Crippen LogP) is 4.95. The summed E-state index contributed by atoms with van der Waals surface area (Å²) in [6, 6.07) is 21.2. The van der Waals surface area contributed by atoms with Crippen molar-refractivity contribution in [2.24, 2.45) is 0 Å². The summed E-state index contributed by atoms with van der Waals surface area (Å²) >= 11 is 0. The number of aryl methyl sites for hydroxylation is 1. The van der Waals surface area contributed by atoms with Gasteiger partial charge in [-0.15, -0.1) is 0 Å². The largest absolute Gasteiger partial charge is 0.489 e. The number of aromatic nitrogens is 1. The molecule has 2 aromatic carbocycles. The van der Waals surface area contributed by atoms with Crippen molar-refractivity contribution >= 4 is 11.6 Å². The van der Waals surface area contributed by atoms with Gasteiger partial charge in [-0.2, -0.15) is 0 Å². The second-order valence-electron chi connectivity index (χ2n) is 5.66. The number of nitrogen functional groups attached to an aromatic ring is 1. The highest BCUT2D eigenvalue weighted by molar-refractivity contribution is 5.67. The lowest BCUT2D eigenvalue weighted by molar-refractivity contribution is 0.265. The normalized spacial score (nSPS) is 10.3. The highest BCUT2D eigenvalue weighted by Crippen LogP contribution is 2.23. The summed E-state index contributed by atoms with van der Waals surface area (Å²) in [4.78, 5) is 4.22. The van der Waals surface area contributed by atoms with Crippen LogP contribution in [0.4, 0.5) is 5.82 Å². The number of para-hydroxylation sites is 1. The van der Waals surface area contributed by atoms with E-state index >= 15 is 0 Å². The van der Waals surface area contributed by atoms with Crippen LogP contribution >= 0.6 is 0 Å². The van der Waals surface area contributed by atoms with Crippen LogP contribution in [0.25, 0.3) is 5.76 Å². The molecule has 0 bridgehead atoms. The van der Waals surface area contributed by atoms with Crippen LogP contribution < -0.4 is 10.5 Å². The number of nitrogens with two attached hydrogens (primary N) is 1. The van der Waals surface area contributed by atoms with Crippen LogP contribution in [0.2, 0.25) is 0 Å². The van der Waals surface area contributed by atoms with E-state index in [0.29, 0.717) is 18.2 Å². The number of nitrogens with zero attached hydrogens (tertiary/aromatic N) is 1. The minimum atomic E-state index is 0.401. The van der Waals surface area contributed by atoms with Gasteiger partial charge in [0.1, 0.15) is 29.7 Å². The van der Waals surface area contributed by atoms with Crippen LogP contribution in [0.5, 0.6) is 11.5 Å². The van der Waals surface area contributed by atoms with E-state index in [1.807, 2.05) is 73.7 Å². The van der Waals surface area contributed by atoms with Crippen molar-refractivity contribution in [1.29, 1.82) is 0 Å². The van der Waals surface area contributed by atoms with Crippen molar-refractivity contribution in [1.82, 2.24) is 4.98 Å². The second kappa shape index (κ2) is 7.53. The average molecular weight is 332 g/mol. The van der Waals surface area contributed by atoms with Crippen molar-refractivity contribution in [3.05, 3.63) is 90.1 Å². The van der Waals surface area contributed by atoms with Gasteiger partial charge in [0.25, 0.3) is 0 Å². The number of hydrogen-bond acceptors (Lipinski definition) is 4. The molecule has 0 spiro atoms. The van der Waals surface area contributed by atoms with Gasteiger partial charge in [-0.25, -0.2) is 4.98 Å². The molecule has 0 fully saturated rings. The Morgan fingerprint density at radius 1 is 0.960 bits per heavy atom. The van der Waals surface area contributed by atoms with E-state index in [2.05, 4.69) is 11.6 Å². The lowest BCUT2D eigenvalue weighted by Gasteiger charge is -2.12. The minimum Gasteiger partial charge on any atom is -0.489 e. The molecule has 0 amide bonds. The fraction of sp³-hybridized carbons (Fsp3) is 0.0952. The summed E-state index contributed by atoms with van der Waals surface area (Å²) in [6.45, 7) is 6.23. The second-order valence-corrected chi connectivity index (χ2v) is 5.66. The number of rotatable bonds is 6. The van der Waals surface area contributed by atoms with Gasteiger partial charge in [-0.1, -0.05) is 36.9 Å². The Bertz CT molecular complexity index is 859. The molecule has 4 nitrogen and oxygen atoms in total. The van der Waals surface area contributed by atoms with E-state index in [9.17, 15) is 0 Å². The molecule has 1 heterocycles. The van der Waals surface area contributed by atoms with E-state index in [-0.39, 0.29) is 0 Å². The zero-order valence-corrected chi connectivity index (χ0v) is 14.1. The van der Waals surface area contributed by atoms with E-state index in [0.717, 1.165) is 28.3 Å². The van der Waals surface area contributed by atoms with Gasteiger partial charge in [0, 0.05) is 5.69 Å². The van der Waals surface area contributed by atoms with Gasteiger partial charge in [-0.05, 0) is 48.9 Å². The third-order valence-corrected chi connectivity index (χ3v) is 3.68. The summed E-state index contributed by atoms with van der Waals surface area (Å²) < 4.78 is 11.5. The summed E-state index contributed by atoms with van der Waals surface area (Å²) in [5.74, 6) is 2.52. The first-order chi connectivity index (χ1) is 12.1. The molecular formula is C21H20N2O2. The standard InChI is InChI=1S/C21H20N2O2/c1-15-8-13-20(21(22)23-15)16(2)24-14-17-9-11-19(12-10-17)25-18-6-4-3-5-7-18/h3-13H,2,14H2,1H3,(H2,22,23). The quantitative estimate of drug-likeness (QED) is 0.649. The van der Waals surface area contributed by atoms with Crippen LogP contribution in [-0.2, 0) is 11.3 Å². The third kappa shape index (κ3) is 4.38. The fourth-order valence-corrected chi connectivity index (χ4v) is 2.34. The van der Waals surface area contributed by atoms with E-state index in [1.165, 1.54) is 0 Å². The van der Waals surface area contributed by atoms with Crippen molar-refractivity contribution in [2.75, 3.05) is 5.73 Å². The van der Waals surface area contributed by atoms with E-state index in [1.54, 1.807) is 0 Å². The predicted molar refractivity (Wildman–Crippen MR) is 100 cm³/mol. The van der Waals surface area contributed by atoms with Crippen LogP contribution in [0, 0.1) is 6.92 Å². The number of anilines is 1. The molecule has 1 aromatic heterocycles. The first kappa shape index (κ1) is 16.6. The molecule has 0 aliphatic carbocycles. The van der Waals surface area contributed by atoms with Crippen LogP contribution in [0.15, 0.2) is 73.3 Å². The first-order valence-corrected chi connectivity index (χ1v) is 7.99. The molecule has 2 N–H and O–H groups in total. The molecule has 0 atom stereocenters. The molecule has 0 radical (unpaired) electrons. The van der Waals surface area contributed by atoms with Gasteiger partial charge in [0.15, 0.2) is 0 Å². The summed E-state index contributed by atoms with van der Waals surface area (Å²) in [7, 11) is 0. The van der Waals surface area contributed by atoms with E-state index in [4.69, 9.17) is 15.2 Å². The number of hydrogen-bond donors (Lipinski definition) is 1. The lowest BCUT2D eigenvalue weighted by atomic mass is 10.2. The highest BCUT2D eigenvalue weighted by Gasteiger charge is 2.07. The monoisotopic (exact) mass is 332 g/mol. The average Bonchev–Trinajstić information content (AvgIpc) is 2.62. The Kier molecular flexibility index (Phi) is 5.00. The SMILES string of the molecule is C=C(OCc1ccc(Oc2ccccc2)cc1)c1ccc(C)nc1N.